The first-order chi connectivity index (χ1) is 19.9. The number of rotatable bonds is 9. The van der Waals surface area contributed by atoms with Gasteiger partial charge in [-0.15, -0.1) is 5.10 Å². The summed E-state index contributed by atoms with van der Waals surface area (Å²) in [5.41, 5.74) is 3.59. The molecule has 10 nitrogen and oxygen atoms in total. The van der Waals surface area contributed by atoms with E-state index in [9.17, 15) is 9.90 Å². The van der Waals surface area contributed by atoms with Gasteiger partial charge in [-0.2, -0.15) is 0 Å². The van der Waals surface area contributed by atoms with Crippen molar-refractivity contribution in [2.75, 3.05) is 20.6 Å². The molecule has 41 heavy (non-hydrogen) atoms. The molecule has 6 rings (SSSR count). The number of ether oxygens (including phenoxy) is 1. The third kappa shape index (κ3) is 5.64. The maximum Gasteiger partial charge on any atom is 0.262 e. The Balaban J connectivity index is 1.27. The quantitative estimate of drug-likeness (QED) is 0.288. The van der Waals surface area contributed by atoms with Crippen molar-refractivity contribution in [3.05, 3.63) is 107 Å². The molecule has 10 heteroatoms. The first-order valence-corrected chi connectivity index (χ1v) is 13.3. The zero-order valence-electron chi connectivity index (χ0n) is 22.8. The summed E-state index contributed by atoms with van der Waals surface area (Å²) in [6.45, 7) is 1.82. The van der Waals surface area contributed by atoms with Crippen molar-refractivity contribution >= 4 is 21.8 Å². The normalized spacial score (nSPS) is 11.5. The van der Waals surface area contributed by atoms with Gasteiger partial charge in [0.1, 0.15) is 18.1 Å². The Morgan fingerprint density at radius 1 is 0.927 bits per heavy atom. The molecule has 6 aromatic rings. The van der Waals surface area contributed by atoms with Crippen LogP contribution in [0.15, 0.2) is 89.7 Å². The van der Waals surface area contributed by atoms with Gasteiger partial charge in [-0.1, -0.05) is 36.4 Å². The van der Waals surface area contributed by atoms with E-state index in [-0.39, 0.29) is 11.3 Å². The fourth-order valence-corrected chi connectivity index (χ4v) is 4.81. The summed E-state index contributed by atoms with van der Waals surface area (Å²) in [5, 5.41) is 24.2. The summed E-state index contributed by atoms with van der Waals surface area (Å²) in [6.07, 6.45) is 0. The van der Waals surface area contributed by atoms with Crippen LogP contribution in [0.2, 0.25) is 0 Å². The maximum atomic E-state index is 13.7. The van der Waals surface area contributed by atoms with Crippen molar-refractivity contribution in [1.82, 2.24) is 34.7 Å². The van der Waals surface area contributed by atoms with E-state index < -0.39 is 0 Å². The van der Waals surface area contributed by atoms with E-state index in [2.05, 4.69) is 20.5 Å². The molecule has 0 bridgehead atoms. The Labute approximate surface area is 236 Å². The summed E-state index contributed by atoms with van der Waals surface area (Å²) in [4.78, 5) is 20.4. The van der Waals surface area contributed by atoms with Crippen LogP contribution < -0.4 is 10.3 Å². The molecule has 206 valence electrons. The second-order valence-electron chi connectivity index (χ2n) is 10.2. The number of phenols is 1. The monoisotopic (exact) mass is 547 g/mol. The molecule has 3 aromatic heterocycles. The largest absolute Gasteiger partial charge is 0.508 e. The van der Waals surface area contributed by atoms with Crippen LogP contribution in [-0.2, 0) is 19.7 Å². The van der Waals surface area contributed by atoms with Gasteiger partial charge in [0.15, 0.2) is 5.82 Å². The molecule has 3 heterocycles. The van der Waals surface area contributed by atoms with Crippen LogP contribution in [-0.4, -0.2) is 60.4 Å². The van der Waals surface area contributed by atoms with Crippen LogP contribution in [0, 0.1) is 0 Å². The van der Waals surface area contributed by atoms with E-state index >= 15 is 0 Å². The van der Waals surface area contributed by atoms with Gasteiger partial charge in [-0.25, -0.2) is 9.67 Å². The van der Waals surface area contributed by atoms with E-state index in [4.69, 9.17) is 4.74 Å². The van der Waals surface area contributed by atoms with Crippen LogP contribution in [0.3, 0.4) is 0 Å². The molecule has 0 saturated heterocycles. The number of benzene rings is 3. The minimum atomic E-state index is -0.193. The molecule has 0 radical (unpaired) electrons. The van der Waals surface area contributed by atoms with Crippen molar-refractivity contribution in [2.45, 2.75) is 19.7 Å². The highest BCUT2D eigenvalue weighted by Crippen LogP contribution is 2.24. The second-order valence-corrected chi connectivity index (χ2v) is 10.2. The highest BCUT2D eigenvalue weighted by molar-refractivity contribution is 5.84. The average molecular weight is 548 g/mol. The molecule has 3 aromatic carbocycles. The summed E-state index contributed by atoms with van der Waals surface area (Å²) >= 11 is 0. The van der Waals surface area contributed by atoms with Crippen molar-refractivity contribution in [3.63, 3.8) is 0 Å². The van der Waals surface area contributed by atoms with Crippen molar-refractivity contribution in [1.29, 1.82) is 0 Å². The lowest BCUT2D eigenvalue weighted by molar-refractivity contribution is 0.301. The van der Waals surface area contributed by atoms with Gasteiger partial charge in [0.2, 0.25) is 0 Å². The lowest BCUT2D eigenvalue weighted by Crippen LogP contribution is -2.28. The number of pyridine rings is 2. The highest BCUT2D eigenvalue weighted by Gasteiger charge is 2.18. The summed E-state index contributed by atoms with van der Waals surface area (Å²) in [6, 6.07) is 26.4. The molecular formula is C31H29N7O3. The minimum Gasteiger partial charge on any atom is -0.508 e. The fraction of sp³-hybridized carbons (Fsp3) is 0.194. The second kappa shape index (κ2) is 11.2. The van der Waals surface area contributed by atoms with Gasteiger partial charge < -0.3 is 19.3 Å². The van der Waals surface area contributed by atoms with Crippen LogP contribution in [0.5, 0.6) is 11.5 Å². The third-order valence-electron chi connectivity index (χ3n) is 6.89. The number of aromatic hydroxyl groups is 1. The number of nitrogens with zero attached hydrogens (tertiary/aromatic N) is 7. The molecule has 0 aliphatic rings. The van der Waals surface area contributed by atoms with Gasteiger partial charge in [0, 0.05) is 23.9 Å². The molecule has 0 saturated carbocycles. The number of likely N-dealkylation sites (N-methyl/N-ethyl adjacent to an activating group) is 1. The summed E-state index contributed by atoms with van der Waals surface area (Å²) < 4.78 is 9.36. The number of phenolic OH excluding ortho intramolecular Hbond substituents is 1. The van der Waals surface area contributed by atoms with E-state index in [0.29, 0.717) is 43.4 Å². The molecule has 0 unspecified atom stereocenters. The van der Waals surface area contributed by atoms with Gasteiger partial charge in [-0.3, -0.25) is 4.79 Å². The van der Waals surface area contributed by atoms with Crippen LogP contribution in [0.1, 0.15) is 11.3 Å². The molecule has 0 aliphatic heterocycles. The Morgan fingerprint density at radius 2 is 1.80 bits per heavy atom. The number of para-hydroxylation sites is 1. The van der Waals surface area contributed by atoms with Gasteiger partial charge in [-0.05, 0) is 78.6 Å². The topological polar surface area (TPSA) is 111 Å². The zero-order chi connectivity index (χ0) is 28.3. The molecule has 1 N–H and O–H groups in total. The smallest absolute Gasteiger partial charge is 0.262 e. The Bertz CT molecular complexity index is 1910. The van der Waals surface area contributed by atoms with E-state index in [1.165, 1.54) is 0 Å². The average Bonchev–Trinajstić information content (AvgIpc) is 3.43. The van der Waals surface area contributed by atoms with Crippen molar-refractivity contribution in [2.24, 2.45) is 0 Å². The fourth-order valence-electron chi connectivity index (χ4n) is 4.81. The highest BCUT2D eigenvalue weighted by atomic mass is 16.5. The summed E-state index contributed by atoms with van der Waals surface area (Å²) in [5.74, 6) is 1.17. The molecule has 0 fully saturated rings. The first kappa shape index (κ1) is 26.1. The van der Waals surface area contributed by atoms with E-state index in [0.717, 1.165) is 33.1 Å². The third-order valence-corrected chi connectivity index (χ3v) is 6.89. The Hall–Kier alpha value is -5.09. The van der Waals surface area contributed by atoms with Crippen LogP contribution >= 0.6 is 0 Å². The van der Waals surface area contributed by atoms with Gasteiger partial charge in [0.05, 0.1) is 28.8 Å². The molecule has 0 spiro atoms. The number of fused-ring (bicyclic) bond motifs is 2. The lowest BCUT2D eigenvalue weighted by Gasteiger charge is -2.16. The molecule has 0 aliphatic carbocycles. The Morgan fingerprint density at radius 3 is 2.68 bits per heavy atom. The maximum absolute atomic E-state index is 13.7. The van der Waals surface area contributed by atoms with E-state index in [1.807, 2.05) is 79.7 Å². The Kier molecular flexibility index (Phi) is 7.13. The van der Waals surface area contributed by atoms with E-state index in [1.54, 1.807) is 33.5 Å². The number of hydrogen-bond donors (Lipinski definition) is 1. The SMILES string of the molecule is CN(C)CCn1c(=O)c(-c2nnnn2Cc2cccc(OCc3ccc4ccccc4n3)c2)cc2cc(O)ccc21. The van der Waals surface area contributed by atoms with Crippen LogP contribution in [0.4, 0.5) is 0 Å². The number of hydrogen-bond acceptors (Lipinski definition) is 8. The predicted molar refractivity (Wildman–Crippen MR) is 157 cm³/mol. The van der Waals surface area contributed by atoms with Gasteiger partial charge >= 0.3 is 0 Å². The predicted octanol–water partition coefficient (Wildman–Crippen LogP) is 4.10. The lowest BCUT2D eigenvalue weighted by atomic mass is 10.1. The van der Waals surface area contributed by atoms with Gasteiger partial charge in [0.25, 0.3) is 5.56 Å². The molecule has 0 amide bonds. The molecular weight excluding hydrogens is 518 g/mol. The number of tetrazole rings is 1. The number of aromatic nitrogens is 6. The first-order valence-electron chi connectivity index (χ1n) is 13.3. The zero-order valence-corrected chi connectivity index (χ0v) is 22.8. The summed E-state index contributed by atoms with van der Waals surface area (Å²) in [7, 11) is 3.92. The standard InChI is InChI=1S/C31H29N7O3/c1-36(2)14-15-37-29-13-12-25(39)17-23(29)18-27(31(37)40)30-33-34-35-38(30)19-21-6-5-8-26(16-21)41-20-24-11-10-22-7-3-4-9-28(22)32-24/h3-13,16-18,39H,14-15,19-20H2,1-2H3. The molecule has 0 atom stereocenters. The van der Waals surface area contributed by atoms with Crippen LogP contribution in [0.25, 0.3) is 33.2 Å². The van der Waals surface area contributed by atoms with Crippen molar-refractivity contribution in [3.8, 4) is 22.9 Å². The minimum absolute atomic E-state index is 0.122. The van der Waals surface area contributed by atoms with Crippen molar-refractivity contribution < 1.29 is 9.84 Å².